The maximum Gasteiger partial charge on any atom is 0.319 e. The van der Waals surface area contributed by atoms with Crippen LogP contribution in [0.25, 0.3) is 38.9 Å². The van der Waals surface area contributed by atoms with Crippen LogP contribution in [0.4, 0.5) is 19.0 Å². The van der Waals surface area contributed by atoms with E-state index in [1.165, 1.54) is 35.4 Å². The Balaban J connectivity index is 1.17. The van der Waals surface area contributed by atoms with Crippen molar-refractivity contribution in [2.75, 3.05) is 51.3 Å². The van der Waals surface area contributed by atoms with Crippen LogP contribution in [-0.4, -0.2) is 88.2 Å². The maximum absolute atomic E-state index is 17.1. The molecular formula is C42H39F3N6O3. The molecule has 0 unspecified atom stereocenters. The van der Waals surface area contributed by atoms with Gasteiger partial charge in [-0.1, -0.05) is 30.5 Å². The molecule has 12 heteroatoms. The number of terminal acetylenes is 1. The molecule has 1 aliphatic carbocycles. The summed E-state index contributed by atoms with van der Waals surface area (Å²) in [7, 11) is 2.15. The minimum Gasteiger partial charge on any atom is -0.508 e. The van der Waals surface area contributed by atoms with Gasteiger partial charge in [0, 0.05) is 66.2 Å². The number of phenols is 1. The van der Waals surface area contributed by atoms with Crippen molar-refractivity contribution < 1.29 is 27.8 Å². The summed E-state index contributed by atoms with van der Waals surface area (Å²) in [4.78, 5) is 32.4. The van der Waals surface area contributed by atoms with E-state index in [1.54, 1.807) is 30.3 Å². The van der Waals surface area contributed by atoms with Crippen molar-refractivity contribution in [3.8, 4) is 35.2 Å². The smallest absolute Gasteiger partial charge is 0.319 e. The molecule has 2 aliphatic heterocycles. The molecule has 8 rings (SSSR count). The number of hydrogen-bond acceptors (Lipinski definition) is 8. The first-order valence-corrected chi connectivity index (χ1v) is 18.2. The van der Waals surface area contributed by atoms with Crippen LogP contribution in [0, 0.1) is 29.4 Å². The number of carbonyl (C=O) groups is 1. The molecule has 5 aromatic rings. The topological polar surface area (TPSA) is 94.9 Å². The Kier molecular flexibility index (Phi) is 9.36. The van der Waals surface area contributed by atoms with Crippen LogP contribution in [0.3, 0.4) is 0 Å². The minimum absolute atomic E-state index is 0.0146. The van der Waals surface area contributed by atoms with Gasteiger partial charge >= 0.3 is 6.01 Å². The number of anilines is 1. The van der Waals surface area contributed by atoms with Gasteiger partial charge in [0.2, 0.25) is 0 Å². The Labute approximate surface area is 311 Å². The summed E-state index contributed by atoms with van der Waals surface area (Å²) in [6.45, 7) is 2.37. The molecule has 2 aromatic heterocycles. The number of pyridine rings is 1. The highest BCUT2D eigenvalue weighted by Gasteiger charge is 2.47. The largest absolute Gasteiger partial charge is 0.508 e. The quantitative estimate of drug-likeness (QED) is 0.140. The van der Waals surface area contributed by atoms with E-state index < -0.39 is 23.4 Å². The molecule has 1 amide bonds. The van der Waals surface area contributed by atoms with Gasteiger partial charge in [-0.2, -0.15) is 9.97 Å². The number of hydrogen-bond donors (Lipinski definition) is 1. The third-order valence-electron chi connectivity index (χ3n) is 11.4. The highest BCUT2D eigenvalue weighted by Crippen LogP contribution is 2.48. The molecule has 1 N–H and O–H groups in total. The molecule has 9 nitrogen and oxygen atoms in total. The Morgan fingerprint density at radius 1 is 1.04 bits per heavy atom. The molecule has 0 bridgehead atoms. The molecule has 276 valence electrons. The van der Waals surface area contributed by atoms with Gasteiger partial charge in [0.05, 0.1) is 17.9 Å². The summed E-state index contributed by atoms with van der Waals surface area (Å²) in [5.41, 5.74) is 0.482. The summed E-state index contributed by atoms with van der Waals surface area (Å²) in [5, 5.41) is 11.8. The zero-order valence-electron chi connectivity index (χ0n) is 29.9. The molecular weight excluding hydrogens is 693 g/mol. The van der Waals surface area contributed by atoms with E-state index in [-0.39, 0.29) is 70.9 Å². The third-order valence-corrected chi connectivity index (χ3v) is 11.4. The highest BCUT2D eigenvalue weighted by atomic mass is 19.1. The number of fused-ring (bicyclic) bond motifs is 3. The fourth-order valence-corrected chi connectivity index (χ4v) is 8.73. The Hall–Kier alpha value is -5.67. The summed E-state index contributed by atoms with van der Waals surface area (Å²) in [5.74, 6) is -0.342. The summed E-state index contributed by atoms with van der Waals surface area (Å²) >= 11 is 0. The summed E-state index contributed by atoms with van der Waals surface area (Å²) < 4.78 is 53.5. The Morgan fingerprint density at radius 3 is 2.63 bits per heavy atom. The number of rotatable bonds is 7. The number of piperidine rings is 1. The van der Waals surface area contributed by atoms with Crippen LogP contribution >= 0.6 is 0 Å². The summed E-state index contributed by atoms with van der Waals surface area (Å²) in [6.07, 6.45) is 13.6. The molecule has 4 heterocycles. The van der Waals surface area contributed by atoms with Gasteiger partial charge in [-0.3, -0.25) is 9.78 Å². The molecule has 2 saturated heterocycles. The zero-order valence-corrected chi connectivity index (χ0v) is 29.9. The number of likely N-dealkylation sites (tertiary alicyclic amines) is 1. The van der Waals surface area contributed by atoms with Crippen molar-refractivity contribution in [2.24, 2.45) is 5.41 Å². The average molecular weight is 733 g/mol. The number of nitrogens with zero attached hydrogens (tertiary/aromatic N) is 6. The molecule has 0 radical (unpaired) electrons. The summed E-state index contributed by atoms with van der Waals surface area (Å²) in [6, 6.07) is 14.2. The first-order valence-electron chi connectivity index (χ1n) is 18.2. The van der Waals surface area contributed by atoms with Gasteiger partial charge in [-0.05, 0) is 86.6 Å². The number of ether oxygens (including phenoxy) is 1. The Morgan fingerprint density at radius 2 is 1.85 bits per heavy atom. The average Bonchev–Trinajstić information content (AvgIpc) is 3.63. The predicted octanol–water partition coefficient (Wildman–Crippen LogP) is 7.11. The normalized spacial score (nSPS) is 20.6. The number of carbonyl (C=O) groups excluding carboxylic acids is 1. The van der Waals surface area contributed by atoms with Gasteiger partial charge < -0.3 is 24.5 Å². The van der Waals surface area contributed by atoms with Crippen molar-refractivity contribution in [3.63, 3.8) is 0 Å². The fourth-order valence-electron chi connectivity index (χ4n) is 8.73. The van der Waals surface area contributed by atoms with E-state index in [2.05, 4.69) is 27.8 Å². The van der Waals surface area contributed by atoms with Gasteiger partial charge in [-0.25, -0.2) is 13.2 Å². The van der Waals surface area contributed by atoms with Gasteiger partial charge in [0.1, 0.15) is 22.9 Å². The number of benzene rings is 3. The van der Waals surface area contributed by atoms with E-state index in [9.17, 15) is 14.3 Å². The fraction of sp³-hybridized carbons (Fsp3) is 0.333. The number of piperazine rings is 1. The first-order chi connectivity index (χ1) is 26.2. The first kappa shape index (κ1) is 35.4. The number of aromatic nitrogens is 3. The second-order valence-corrected chi connectivity index (χ2v) is 14.5. The van der Waals surface area contributed by atoms with Crippen LogP contribution in [0.15, 0.2) is 66.6 Å². The van der Waals surface area contributed by atoms with Crippen molar-refractivity contribution >= 4 is 39.5 Å². The molecule has 2 atom stereocenters. The Bertz CT molecular complexity index is 2340. The SMILES string of the molecule is C#Cc1c(F)ccc2cc(O)cc(-c3ccc4c(N5CCN(C(=O)/C(F)=C/c6ccccn6)CC5)nc(OC[C@]56CCC[C@H]5N(C)CCC6)nc4c3F)c12. The van der Waals surface area contributed by atoms with Gasteiger partial charge in [-0.15, -0.1) is 6.42 Å². The molecule has 54 heavy (non-hydrogen) atoms. The van der Waals surface area contributed by atoms with E-state index >= 15 is 8.78 Å². The predicted molar refractivity (Wildman–Crippen MR) is 202 cm³/mol. The van der Waals surface area contributed by atoms with E-state index in [0.717, 1.165) is 44.7 Å². The molecule has 3 fully saturated rings. The zero-order chi connectivity index (χ0) is 37.6. The minimum atomic E-state index is -0.912. The lowest BCUT2D eigenvalue weighted by Gasteiger charge is -2.44. The standard InChI is InChI=1S/C42H39F3N6O3/c1-3-29-33(43)13-10-26-22-28(52)24-32(36(26)29)30-11-12-31-38(37(30)45)47-41(54-25-42-14-6-9-35(42)49(2)17-7-15-42)48-39(31)50-18-20-51(21-19-50)40(53)34(44)23-27-8-4-5-16-46-27/h1,4-5,8,10-13,16,22-24,35,52H,6-7,9,14-15,17-21,25H2,2H3/b34-23-/t35-,42-/m1/s1. The van der Waals surface area contributed by atoms with Gasteiger partial charge in [0.25, 0.3) is 5.91 Å². The maximum atomic E-state index is 17.1. The molecule has 3 aromatic carbocycles. The van der Waals surface area contributed by atoms with Gasteiger partial charge in [0.15, 0.2) is 11.6 Å². The molecule has 3 aliphatic rings. The number of amides is 1. The van der Waals surface area contributed by atoms with E-state index in [1.807, 2.05) is 4.90 Å². The van der Waals surface area contributed by atoms with Crippen LogP contribution in [0.1, 0.15) is 43.4 Å². The van der Waals surface area contributed by atoms with Crippen LogP contribution in [0.2, 0.25) is 0 Å². The second-order valence-electron chi connectivity index (χ2n) is 14.5. The molecule has 0 spiro atoms. The van der Waals surface area contributed by atoms with E-state index in [0.29, 0.717) is 34.9 Å². The second kappa shape index (κ2) is 14.3. The van der Waals surface area contributed by atoms with E-state index in [4.69, 9.17) is 16.1 Å². The monoisotopic (exact) mass is 732 g/mol. The van der Waals surface area contributed by atoms with Crippen LogP contribution in [0.5, 0.6) is 11.8 Å². The van der Waals surface area contributed by atoms with Crippen molar-refractivity contribution in [1.29, 1.82) is 0 Å². The van der Waals surface area contributed by atoms with Crippen molar-refractivity contribution in [3.05, 3.63) is 89.5 Å². The number of aromatic hydroxyl groups is 1. The highest BCUT2D eigenvalue weighted by molar-refractivity contribution is 6.04. The van der Waals surface area contributed by atoms with Crippen LogP contribution < -0.4 is 9.64 Å². The molecule has 1 saturated carbocycles. The lowest BCUT2D eigenvalue weighted by atomic mass is 9.76. The lowest BCUT2D eigenvalue weighted by molar-refractivity contribution is -0.128. The van der Waals surface area contributed by atoms with Crippen LogP contribution in [-0.2, 0) is 4.79 Å². The number of halogens is 3. The number of phenolic OH excluding ortho intramolecular Hbond substituents is 1. The third kappa shape index (κ3) is 6.36. The lowest BCUT2D eigenvalue weighted by Crippen LogP contribution is -2.50. The van der Waals surface area contributed by atoms with Crippen molar-refractivity contribution in [1.82, 2.24) is 24.8 Å². The van der Waals surface area contributed by atoms with Crippen molar-refractivity contribution in [2.45, 2.75) is 38.1 Å².